The number of halogens is 1. The van der Waals surface area contributed by atoms with E-state index in [0.717, 1.165) is 6.07 Å². The van der Waals surface area contributed by atoms with Crippen LogP contribution in [0.15, 0.2) is 36.5 Å². The van der Waals surface area contributed by atoms with Gasteiger partial charge in [-0.1, -0.05) is 11.6 Å². The van der Waals surface area contributed by atoms with Gasteiger partial charge in [-0.2, -0.15) is 0 Å². The van der Waals surface area contributed by atoms with Gasteiger partial charge in [-0.15, -0.1) is 0 Å². The van der Waals surface area contributed by atoms with E-state index >= 15 is 0 Å². The molecular formula is C15H12ClN3O5. The van der Waals surface area contributed by atoms with Crippen LogP contribution in [0.2, 0.25) is 5.02 Å². The molecule has 2 aromatic rings. The van der Waals surface area contributed by atoms with E-state index in [2.05, 4.69) is 10.3 Å². The molecule has 0 radical (unpaired) electrons. The van der Waals surface area contributed by atoms with Gasteiger partial charge in [-0.25, -0.2) is 9.78 Å². The number of amides is 1. The first-order chi connectivity index (χ1) is 11.4. The maximum absolute atomic E-state index is 12.2. The molecule has 1 amide bonds. The summed E-state index contributed by atoms with van der Waals surface area (Å²) in [4.78, 5) is 38.0. The fourth-order valence-corrected chi connectivity index (χ4v) is 2.03. The molecule has 1 aromatic heterocycles. The van der Waals surface area contributed by atoms with Crippen LogP contribution in [0, 0.1) is 10.1 Å². The largest absolute Gasteiger partial charge is 0.462 e. The number of pyridine rings is 1. The van der Waals surface area contributed by atoms with Gasteiger partial charge in [-0.3, -0.25) is 14.9 Å². The molecule has 24 heavy (non-hydrogen) atoms. The molecule has 0 saturated carbocycles. The zero-order valence-electron chi connectivity index (χ0n) is 12.5. The second kappa shape index (κ2) is 7.51. The summed E-state index contributed by atoms with van der Waals surface area (Å²) in [6.07, 6.45) is 1.33. The number of nitro groups is 1. The lowest BCUT2D eigenvalue weighted by molar-refractivity contribution is -0.384. The van der Waals surface area contributed by atoms with Crippen LogP contribution < -0.4 is 5.32 Å². The predicted molar refractivity (Wildman–Crippen MR) is 86.3 cm³/mol. The van der Waals surface area contributed by atoms with E-state index in [-0.39, 0.29) is 34.3 Å². The summed E-state index contributed by atoms with van der Waals surface area (Å²) in [6.45, 7) is 1.89. The molecule has 0 unspecified atom stereocenters. The summed E-state index contributed by atoms with van der Waals surface area (Å²) in [5, 5.41) is 13.3. The SMILES string of the molecule is CCOC(=O)c1ccnc(NC(=O)c2cc([N+](=O)[O-])ccc2Cl)c1. The number of carbonyl (C=O) groups excluding carboxylic acids is 2. The van der Waals surface area contributed by atoms with Gasteiger partial charge < -0.3 is 10.1 Å². The van der Waals surface area contributed by atoms with Crippen LogP contribution in [-0.2, 0) is 4.74 Å². The Morgan fingerprint density at radius 2 is 2.08 bits per heavy atom. The number of aromatic nitrogens is 1. The molecule has 1 heterocycles. The van der Waals surface area contributed by atoms with Gasteiger partial charge in [0, 0.05) is 18.3 Å². The van der Waals surface area contributed by atoms with E-state index in [1.807, 2.05) is 0 Å². The molecule has 0 aliphatic heterocycles. The molecule has 8 nitrogen and oxygen atoms in total. The van der Waals surface area contributed by atoms with Crippen LogP contribution in [0.25, 0.3) is 0 Å². The van der Waals surface area contributed by atoms with Gasteiger partial charge >= 0.3 is 5.97 Å². The maximum atomic E-state index is 12.2. The summed E-state index contributed by atoms with van der Waals surface area (Å²) < 4.78 is 4.86. The number of hydrogen-bond donors (Lipinski definition) is 1. The number of nitrogens with zero attached hydrogens (tertiary/aromatic N) is 2. The summed E-state index contributed by atoms with van der Waals surface area (Å²) in [5.41, 5.74) is -0.126. The Kier molecular flexibility index (Phi) is 5.43. The molecule has 1 N–H and O–H groups in total. The monoisotopic (exact) mass is 349 g/mol. The van der Waals surface area contributed by atoms with Gasteiger partial charge in [0.2, 0.25) is 0 Å². The Morgan fingerprint density at radius 1 is 1.33 bits per heavy atom. The number of carbonyl (C=O) groups is 2. The Labute approximate surface area is 141 Å². The Bertz CT molecular complexity index is 809. The third kappa shape index (κ3) is 4.05. The number of hydrogen-bond acceptors (Lipinski definition) is 6. The minimum absolute atomic E-state index is 0.0552. The number of nitrogens with one attached hydrogen (secondary N) is 1. The van der Waals surface area contributed by atoms with Gasteiger partial charge in [0.1, 0.15) is 5.82 Å². The fourth-order valence-electron chi connectivity index (χ4n) is 1.82. The maximum Gasteiger partial charge on any atom is 0.338 e. The Balaban J connectivity index is 2.24. The first-order valence-corrected chi connectivity index (χ1v) is 7.18. The third-order valence-electron chi connectivity index (χ3n) is 2.92. The second-order valence-electron chi connectivity index (χ2n) is 4.53. The quantitative estimate of drug-likeness (QED) is 0.504. The highest BCUT2D eigenvalue weighted by Gasteiger charge is 2.17. The Hall–Kier alpha value is -3.00. The van der Waals surface area contributed by atoms with Crippen LogP contribution in [0.4, 0.5) is 11.5 Å². The first-order valence-electron chi connectivity index (χ1n) is 6.81. The minimum Gasteiger partial charge on any atom is -0.462 e. The van der Waals surface area contributed by atoms with Gasteiger partial charge in [0.25, 0.3) is 11.6 Å². The van der Waals surface area contributed by atoms with E-state index in [1.165, 1.54) is 30.5 Å². The van der Waals surface area contributed by atoms with Crippen LogP contribution in [0.3, 0.4) is 0 Å². The summed E-state index contributed by atoms with van der Waals surface area (Å²) >= 11 is 5.91. The van der Waals surface area contributed by atoms with Crippen molar-refractivity contribution in [1.82, 2.24) is 4.98 Å². The van der Waals surface area contributed by atoms with Crippen molar-refractivity contribution in [2.75, 3.05) is 11.9 Å². The second-order valence-corrected chi connectivity index (χ2v) is 4.93. The van der Waals surface area contributed by atoms with E-state index in [0.29, 0.717) is 0 Å². The van der Waals surface area contributed by atoms with Crippen LogP contribution in [-0.4, -0.2) is 28.4 Å². The highest BCUT2D eigenvalue weighted by molar-refractivity contribution is 6.34. The summed E-state index contributed by atoms with van der Waals surface area (Å²) in [6, 6.07) is 6.29. The zero-order valence-corrected chi connectivity index (χ0v) is 13.2. The highest BCUT2D eigenvalue weighted by Crippen LogP contribution is 2.23. The Morgan fingerprint density at radius 3 is 2.75 bits per heavy atom. The number of ether oxygens (including phenoxy) is 1. The van der Waals surface area contributed by atoms with Crippen molar-refractivity contribution in [3.05, 3.63) is 62.8 Å². The average Bonchev–Trinajstić information content (AvgIpc) is 2.55. The lowest BCUT2D eigenvalue weighted by Crippen LogP contribution is -2.14. The number of non-ortho nitro benzene ring substituents is 1. The average molecular weight is 350 g/mol. The predicted octanol–water partition coefficient (Wildman–Crippen LogP) is 3.07. The van der Waals surface area contributed by atoms with Gasteiger partial charge in [0.15, 0.2) is 0 Å². The van der Waals surface area contributed by atoms with E-state index in [1.54, 1.807) is 6.92 Å². The molecule has 0 aliphatic carbocycles. The number of esters is 1. The van der Waals surface area contributed by atoms with E-state index in [9.17, 15) is 19.7 Å². The molecule has 0 atom stereocenters. The van der Waals surface area contributed by atoms with Crippen LogP contribution in [0.5, 0.6) is 0 Å². The fraction of sp³-hybridized carbons (Fsp3) is 0.133. The molecule has 124 valence electrons. The van der Waals surface area contributed by atoms with E-state index < -0.39 is 16.8 Å². The van der Waals surface area contributed by atoms with Crippen molar-refractivity contribution >= 4 is 35.0 Å². The molecule has 0 fully saturated rings. The van der Waals surface area contributed by atoms with Gasteiger partial charge in [0.05, 0.1) is 27.7 Å². The molecule has 1 aromatic carbocycles. The standard InChI is InChI=1S/C15H12ClN3O5/c1-2-24-15(21)9-5-6-17-13(7-9)18-14(20)11-8-10(19(22)23)3-4-12(11)16/h3-8H,2H2,1H3,(H,17,18,20). The molecular weight excluding hydrogens is 338 g/mol. The molecule has 2 rings (SSSR count). The van der Waals surface area contributed by atoms with Gasteiger partial charge in [-0.05, 0) is 25.1 Å². The third-order valence-corrected chi connectivity index (χ3v) is 3.25. The number of nitro benzene ring substituents is 1. The van der Waals surface area contributed by atoms with Crippen molar-refractivity contribution in [3.8, 4) is 0 Å². The normalized spacial score (nSPS) is 10.1. The smallest absolute Gasteiger partial charge is 0.338 e. The van der Waals surface area contributed by atoms with E-state index in [4.69, 9.17) is 16.3 Å². The molecule has 0 aliphatic rings. The lowest BCUT2D eigenvalue weighted by atomic mass is 10.2. The number of anilines is 1. The van der Waals surface area contributed by atoms with Crippen molar-refractivity contribution < 1.29 is 19.2 Å². The van der Waals surface area contributed by atoms with Crippen LogP contribution >= 0.6 is 11.6 Å². The molecule has 0 spiro atoms. The highest BCUT2D eigenvalue weighted by atomic mass is 35.5. The topological polar surface area (TPSA) is 111 Å². The van der Waals surface area contributed by atoms with Crippen LogP contribution in [0.1, 0.15) is 27.6 Å². The molecule has 9 heteroatoms. The lowest BCUT2D eigenvalue weighted by Gasteiger charge is -2.07. The molecule has 0 bridgehead atoms. The van der Waals surface area contributed by atoms with Crippen molar-refractivity contribution in [1.29, 1.82) is 0 Å². The number of benzene rings is 1. The first kappa shape index (κ1) is 17.4. The minimum atomic E-state index is -0.683. The zero-order chi connectivity index (χ0) is 17.7. The molecule has 0 saturated heterocycles. The summed E-state index contributed by atoms with van der Waals surface area (Å²) in [7, 11) is 0. The van der Waals surface area contributed by atoms with Crippen molar-refractivity contribution in [2.45, 2.75) is 6.92 Å². The van der Waals surface area contributed by atoms with Crippen molar-refractivity contribution in [2.24, 2.45) is 0 Å². The van der Waals surface area contributed by atoms with Crippen molar-refractivity contribution in [3.63, 3.8) is 0 Å². The number of rotatable bonds is 5. The summed E-state index contributed by atoms with van der Waals surface area (Å²) in [5.74, 6) is -1.14.